The molecule has 0 saturated carbocycles. The predicted molar refractivity (Wildman–Crippen MR) is 182 cm³/mol. The molecule has 0 spiro atoms. The van der Waals surface area contributed by atoms with Crippen LogP contribution in [0.15, 0.2) is 67.0 Å². The molecule has 1 atom stereocenters. The topological polar surface area (TPSA) is 117 Å². The molecular formula is C36H42N6O5. The second-order valence-corrected chi connectivity index (χ2v) is 11.9. The summed E-state index contributed by atoms with van der Waals surface area (Å²) in [6, 6.07) is 15.7. The van der Waals surface area contributed by atoms with Gasteiger partial charge in [-0.3, -0.25) is 29.3 Å². The molecule has 47 heavy (non-hydrogen) atoms. The van der Waals surface area contributed by atoms with Gasteiger partial charge in [-0.25, -0.2) is 0 Å². The average molecular weight is 639 g/mol. The largest absolute Gasteiger partial charge is 0.495 e. The van der Waals surface area contributed by atoms with Crippen LogP contribution >= 0.6 is 0 Å². The Balaban J connectivity index is 1.41. The van der Waals surface area contributed by atoms with Crippen molar-refractivity contribution in [3.8, 4) is 11.5 Å². The Morgan fingerprint density at radius 1 is 1.02 bits per heavy atom. The van der Waals surface area contributed by atoms with Crippen LogP contribution in [0.5, 0.6) is 11.5 Å². The Morgan fingerprint density at radius 2 is 1.79 bits per heavy atom. The summed E-state index contributed by atoms with van der Waals surface area (Å²) >= 11 is 0. The van der Waals surface area contributed by atoms with E-state index in [2.05, 4.69) is 39.1 Å². The number of para-hydroxylation sites is 1. The van der Waals surface area contributed by atoms with E-state index >= 15 is 0 Å². The molecule has 4 aromatic rings. The lowest BCUT2D eigenvalue weighted by Crippen LogP contribution is -2.60. The van der Waals surface area contributed by atoms with E-state index in [9.17, 15) is 14.4 Å². The first-order chi connectivity index (χ1) is 22.7. The van der Waals surface area contributed by atoms with Gasteiger partial charge in [0.05, 0.1) is 29.6 Å². The van der Waals surface area contributed by atoms with Crippen LogP contribution in [0.2, 0.25) is 0 Å². The number of likely N-dealkylation sites (N-methyl/N-ethyl adjacent to an activating group) is 1. The highest BCUT2D eigenvalue weighted by Gasteiger charge is 2.40. The third-order valence-electron chi connectivity index (χ3n) is 8.62. The summed E-state index contributed by atoms with van der Waals surface area (Å²) < 4.78 is 12.3. The summed E-state index contributed by atoms with van der Waals surface area (Å²) in [5.74, 6) is 0.0779. The fourth-order valence-electron chi connectivity index (χ4n) is 5.81. The van der Waals surface area contributed by atoms with E-state index in [1.165, 1.54) is 18.2 Å². The summed E-state index contributed by atoms with van der Waals surface area (Å²) in [6.45, 7) is 7.10. The lowest BCUT2D eigenvalue weighted by Gasteiger charge is -2.44. The van der Waals surface area contributed by atoms with Crippen LogP contribution in [0.3, 0.4) is 0 Å². The number of ether oxygens (including phenoxy) is 2. The third kappa shape index (κ3) is 7.26. The first-order valence-corrected chi connectivity index (χ1v) is 15.9. The van der Waals surface area contributed by atoms with Gasteiger partial charge in [0.1, 0.15) is 17.0 Å². The molecule has 0 aliphatic carbocycles. The third-order valence-corrected chi connectivity index (χ3v) is 8.62. The lowest BCUT2D eigenvalue weighted by atomic mass is 10.0. The van der Waals surface area contributed by atoms with Gasteiger partial charge in [0, 0.05) is 57.6 Å². The van der Waals surface area contributed by atoms with E-state index in [1.807, 2.05) is 25.1 Å². The molecule has 2 amide bonds. The monoisotopic (exact) mass is 638 g/mol. The second-order valence-electron chi connectivity index (χ2n) is 11.9. The maximum Gasteiger partial charge on any atom is 0.258 e. The SMILES string of the molecule is CCCCC(C=O)(Oc1cc(C)ccc1N(C)C(=O)c1ccc(NC(=O)c2cccc3nccnc23)c(OC)c1)N1CCN(C)CC1. The van der Waals surface area contributed by atoms with Gasteiger partial charge in [0.25, 0.3) is 11.8 Å². The number of hydrogen-bond acceptors (Lipinski definition) is 9. The summed E-state index contributed by atoms with van der Waals surface area (Å²) in [5.41, 5.74) is 2.52. The zero-order valence-electron chi connectivity index (χ0n) is 27.7. The number of unbranched alkanes of at least 4 members (excludes halogenated alkanes) is 1. The summed E-state index contributed by atoms with van der Waals surface area (Å²) in [6.07, 6.45) is 6.31. The highest BCUT2D eigenvalue weighted by Crippen LogP contribution is 2.36. The van der Waals surface area contributed by atoms with E-state index in [0.717, 1.165) is 37.8 Å². The van der Waals surface area contributed by atoms with Gasteiger partial charge >= 0.3 is 0 Å². The van der Waals surface area contributed by atoms with Gasteiger partial charge in [-0.05, 0) is 68.4 Å². The van der Waals surface area contributed by atoms with Crippen LogP contribution in [-0.2, 0) is 4.79 Å². The molecule has 2 heterocycles. The van der Waals surface area contributed by atoms with Crippen LogP contribution in [0.25, 0.3) is 11.0 Å². The van der Waals surface area contributed by atoms with Crippen molar-refractivity contribution in [3.63, 3.8) is 0 Å². The Kier molecular flexibility index (Phi) is 10.5. The Morgan fingerprint density at radius 3 is 2.51 bits per heavy atom. The molecule has 0 bridgehead atoms. The molecule has 1 unspecified atom stereocenters. The van der Waals surface area contributed by atoms with Crippen molar-refractivity contribution in [3.05, 3.63) is 83.7 Å². The normalized spacial score (nSPS) is 15.1. The number of methoxy groups -OCH3 is 1. The fraction of sp³-hybridized carbons (Fsp3) is 0.361. The standard InChI is InChI=1S/C36H42N6O5/c1-6-7-15-36(24-43,42-20-18-40(3)19-21-42)47-32-22-25(2)11-14-30(32)41(4)35(45)26-12-13-28(31(23-26)46-5)39-34(44)27-9-8-10-29-33(27)38-17-16-37-29/h8-14,16-17,22-24H,6-7,15,18-21H2,1-5H3,(H,39,44). The van der Waals surface area contributed by atoms with Gasteiger partial charge in [0.2, 0.25) is 5.72 Å². The van der Waals surface area contributed by atoms with Crippen LogP contribution < -0.4 is 19.7 Å². The smallest absolute Gasteiger partial charge is 0.258 e. The number of hydrogen-bond donors (Lipinski definition) is 1. The van der Waals surface area contributed by atoms with E-state index in [-0.39, 0.29) is 11.8 Å². The van der Waals surface area contributed by atoms with Crippen molar-refractivity contribution in [2.24, 2.45) is 0 Å². The van der Waals surface area contributed by atoms with Crippen molar-refractivity contribution in [1.29, 1.82) is 0 Å². The van der Waals surface area contributed by atoms with Crippen molar-refractivity contribution in [2.75, 3.05) is 57.6 Å². The Bertz CT molecular complexity index is 1750. The number of nitrogens with one attached hydrogen (secondary N) is 1. The average Bonchev–Trinajstić information content (AvgIpc) is 3.09. The van der Waals surface area contributed by atoms with E-state index < -0.39 is 5.72 Å². The van der Waals surface area contributed by atoms with Crippen molar-refractivity contribution in [2.45, 2.75) is 38.8 Å². The molecule has 1 saturated heterocycles. The van der Waals surface area contributed by atoms with Crippen molar-refractivity contribution >= 4 is 40.5 Å². The lowest BCUT2D eigenvalue weighted by molar-refractivity contribution is -0.146. The number of rotatable bonds is 12. The first-order valence-electron chi connectivity index (χ1n) is 15.9. The summed E-state index contributed by atoms with van der Waals surface area (Å²) in [5, 5.41) is 2.88. The predicted octanol–water partition coefficient (Wildman–Crippen LogP) is 5.19. The first kappa shape index (κ1) is 33.5. The summed E-state index contributed by atoms with van der Waals surface area (Å²) in [7, 11) is 5.22. The Labute approximate surface area is 275 Å². The molecule has 5 rings (SSSR count). The quantitative estimate of drug-likeness (QED) is 0.209. The molecular weight excluding hydrogens is 596 g/mol. The maximum atomic E-state index is 13.9. The number of benzene rings is 3. The number of amides is 2. The fourth-order valence-corrected chi connectivity index (χ4v) is 5.81. The number of carbonyl (C=O) groups excluding carboxylic acids is 3. The van der Waals surface area contributed by atoms with Gasteiger partial charge in [0.15, 0.2) is 6.29 Å². The van der Waals surface area contributed by atoms with E-state index in [1.54, 1.807) is 49.6 Å². The van der Waals surface area contributed by atoms with Gasteiger partial charge in [-0.1, -0.05) is 25.5 Å². The minimum absolute atomic E-state index is 0.316. The van der Waals surface area contributed by atoms with Crippen LogP contribution in [0.4, 0.5) is 11.4 Å². The molecule has 1 fully saturated rings. The molecule has 246 valence electrons. The minimum Gasteiger partial charge on any atom is -0.495 e. The minimum atomic E-state index is -1.15. The molecule has 1 aromatic heterocycles. The molecule has 1 aliphatic rings. The van der Waals surface area contributed by atoms with Gasteiger partial charge in [-0.2, -0.15) is 0 Å². The second kappa shape index (κ2) is 14.7. The number of piperazine rings is 1. The van der Waals surface area contributed by atoms with Crippen molar-refractivity contribution < 1.29 is 23.9 Å². The van der Waals surface area contributed by atoms with Gasteiger partial charge < -0.3 is 24.6 Å². The van der Waals surface area contributed by atoms with Crippen LogP contribution in [-0.4, -0.2) is 91.0 Å². The van der Waals surface area contributed by atoms with Crippen LogP contribution in [0.1, 0.15) is 52.5 Å². The van der Waals surface area contributed by atoms with E-state index in [4.69, 9.17) is 9.47 Å². The molecule has 1 aliphatic heterocycles. The van der Waals surface area contributed by atoms with Gasteiger partial charge in [-0.15, -0.1) is 0 Å². The van der Waals surface area contributed by atoms with E-state index in [0.29, 0.717) is 64.5 Å². The number of carbonyl (C=O) groups is 3. The highest BCUT2D eigenvalue weighted by atomic mass is 16.5. The summed E-state index contributed by atoms with van der Waals surface area (Å²) in [4.78, 5) is 54.5. The number of aldehydes is 1. The number of nitrogens with zero attached hydrogens (tertiary/aromatic N) is 5. The number of fused-ring (bicyclic) bond motifs is 1. The zero-order chi connectivity index (χ0) is 33.6. The molecule has 11 heteroatoms. The van der Waals surface area contributed by atoms with Crippen LogP contribution in [0, 0.1) is 6.92 Å². The zero-order valence-corrected chi connectivity index (χ0v) is 27.7. The molecule has 1 N–H and O–H groups in total. The highest BCUT2D eigenvalue weighted by molar-refractivity contribution is 6.12. The number of aromatic nitrogens is 2. The number of anilines is 2. The molecule has 0 radical (unpaired) electrons. The van der Waals surface area contributed by atoms with Crippen molar-refractivity contribution in [1.82, 2.24) is 19.8 Å². The number of aryl methyl sites for hydroxylation is 1. The molecule has 11 nitrogen and oxygen atoms in total. The Hall–Kier alpha value is -4.87. The molecule has 3 aromatic carbocycles. The maximum absolute atomic E-state index is 13.9.